The molecule has 0 heterocycles. The Morgan fingerprint density at radius 3 is 1.06 bits per heavy atom. The summed E-state index contributed by atoms with van der Waals surface area (Å²) in [7, 11) is 4.36. The highest BCUT2D eigenvalue weighted by atomic mass is 15.1. The van der Waals surface area contributed by atoms with Gasteiger partial charge in [-0.3, -0.25) is 0 Å². The standard InChI is InChI=1S/C15H33N/c1-12(2,3)13(4,5)14(6,7)15(8,9)16(10)11/h1-11H3. The van der Waals surface area contributed by atoms with Crippen molar-refractivity contribution in [3.63, 3.8) is 0 Å². The normalized spacial score (nSPS) is 15.8. The van der Waals surface area contributed by atoms with Crippen LogP contribution in [0.5, 0.6) is 0 Å². The second kappa shape index (κ2) is 4.01. The van der Waals surface area contributed by atoms with Crippen LogP contribution in [0.4, 0.5) is 0 Å². The van der Waals surface area contributed by atoms with Crippen LogP contribution in [0.15, 0.2) is 0 Å². The molecule has 0 unspecified atom stereocenters. The molecule has 0 rings (SSSR count). The molecular weight excluding hydrogens is 194 g/mol. The molecular formula is C15H33N. The first-order valence-electron chi connectivity index (χ1n) is 6.37. The summed E-state index contributed by atoms with van der Waals surface area (Å²) < 4.78 is 0. The molecule has 0 fully saturated rings. The molecule has 0 amide bonds. The first kappa shape index (κ1) is 16.0. The average molecular weight is 227 g/mol. The van der Waals surface area contributed by atoms with Gasteiger partial charge < -0.3 is 4.90 Å². The maximum Gasteiger partial charge on any atom is 0.0203 e. The zero-order valence-electron chi connectivity index (χ0n) is 13.4. The van der Waals surface area contributed by atoms with Gasteiger partial charge in [0.25, 0.3) is 0 Å². The number of hydrogen-bond donors (Lipinski definition) is 0. The Hall–Kier alpha value is -0.0400. The predicted octanol–water partition coefficient (Wildman–Crippen LogP) is 4.43. The molecule has 16 heavy (non-hydrogen) atoms. The van der Waals surface area contributed by atoms with E-state index in [1.54, 1.807) is 0 Å². The van der Waals surface area contributed by atoms with Crippen molar-refractivity contribution in [2.24, 2.45) is 16.2 Å². The van der Waals surface area contributed by atoms with Gasteiger partial charge in [-0.1, -0.05) is 48.5 Å². The van der Waals surface area contributed by atoms with Crippen molar-refractivity contribution in [3.8, 4) is 0 Å². The lowest BCUT2D eigenvalue weighted by Gasteiger charge is -2.59. The summed E-state index contributed by atoms with van der Waals surface area (Å²) in [6.45, 7) is 21.3. The smallest absolute Gasteiger partial charge is 0.0203 e. The van der Waals surface area contributed by atoms with E-state index in [2.05, 4.69) is 81.3 Å². The molecule has 0 radical (unpaired) electrons. The third-order valence-electron chi connectivity index (χ3n) is 6.09. The topological polar surface area (TPSA) is 3.24 Å². The molecule has 0 saturated heterocycles. The van der Waals surface area contributed by atoms with Crippen LogP contribution in [0.25, 0.3) is 0 Å². The summed E-state index contributed by atoms with van der Waals surface area (Å²) in [6.07, 6.45) is 0. The van der Waals surface area contributed by atoms with Gasteiger partial charge in [-0.15, -0.1) is 0 Å². The Labute approximate surface area is 104 Å². The minimum atomic E-state index is 0.170. The monoisotopic (exact) mass is 227 g/mol. The minimum Gasteiger partial charge on any atom is -0.304 e. The van der Waals surface area contributed by atoms with E-state index in [0.717, 1.165) is 0 Å². The Kier molecular flexibility index (Phi) is 4.00. The highest BCUT2D eigenvalue weighted by Gasteiger charge is 2.53. The molecule has 0 atom stereocenters. The van der Waals surface area contributed by atoms with Crippen LogP contribution >= 0.6 is 0 Å². The molecule has 0 aliphatic rings. The zero-order chi connectivity index (χ0) is 13.6. The zero-order valence-corrected chi connectivity index (χ0v) is 13.4. The lowest BCUT2D eigenvalue weighted by atomic mass is 9.50. The summed E-state index contributed by atoms with van der Waals surface area (Å²) >= 11 is 0. The molecule has 0 aromatic heterocycles. The van der Waals surface area contributed by atoms with Crippen LogP contribution in [0, 0.1) is 16.2 Å². The molecule has 0 aliphatic carbocycles. The molecule has 0 aromatic carbocycles. The van der Waals surface area contributed by atoms with Gasteiger partial charge in [-0.25, -0.2) is 0 Å². The molecule has 0 aromatic rings. The maximum absolute atomic E-state index is 2.40. The Bertz CT molecular complexity index is 239. The lowest BCUT2D eigenvalue weighted by Crippen LogP contribution is -2.59. The summed E-state index contributed by atoms with van der Waals surface area (Å²) in [6, 6.07) is 0. The van der Waals surface area contributed by atoms with Crippen molar-refractivity contribution in [1.82, 2.24) is 4.90 Å². The summed E-state index contributed by atoms with van der Waals surface area (Å²) in [5.41, 5.74) is 0.947. The molecule has 0 bridgehead atoms. The van der Waals surface area contributed by atoms with Gasteiger partial charge in [0.2, 0.25) is 0 Å². The number of rotatable bonds is 3. The highest BCUT2D eigenvalue weighted by molar-refractivity contribution is 5.05. The maximum atomic E-state index is 2.40. The molecule has 0 aliphatic heterocycles. The van der Waals surface area contributed by atoms with Crippen LogP contribution in [0.1, 0.15) is 62.3 Å². The van der Waals surface area contributed by atoms with E-state index < -0.39 is 0 Å². The molecule has 0 N–H and O–H groups in total. The van der Waals surface area contributed by atoms with Gasteiger partial charge in [0.05, 0.1) is 0 Å². The third kappa shape index (κ3) is 2.16. The molecule has 0 spiro atoms. The lowest BCUT2D eigenvalue weighted by molar-refractivity contribution is -0.0970. The Morgan fingerprint density at radius 1 is 0.562 bits per heavy atom. The molecule has 1 heteroatoms. The van der Waals surface area contributed by atoms with Crippen LogP contribution in [0.3, 0.4) is 0 Å². The van der Waals surface area contributed by atoms with E-state index in [1.165, 1.54) is 0 Å². The van der Waals surface area contributed by atoms with Crippen LogP contribution in [0.2, 0.25) is 0 Å². The van der Waals surface area contributed by atoms with Gasteiger partial charge in [0, 0.05) is 5.54 Å². The Morgan fingerprint density at radius 2 is 0.875 bits per heavy atom. The number of nitrogens with zero attached hydrogens (tertiary/aromatic N) is 1. The van der Waals surface area contributed by atoms with E-state index in [0.29, 0.717) is 5.41 Å². The van der Waals surface area contributed by atoms with Crippen molar-refractivity contribution in [2.75, 3.05) is 14.1 Å². The SMILES string of the molecule is CN(C)C(C)(C)C(C)(C)C(C)(C)C(C)(C)C. The molecule has 1 nitrogen and oxygen atoms in total. The fourth-order valence-corrected chi connectivity index (χ4v) is 2.26. The van der Waals surface area contributed by atoms with Crippen molar-refractivity contribution in [1.29, 1.82) is 0 Å². The van der Waals surface area contributed by atoms with Gasteiger partial charge in [-0.05, 0) is 44.2 Å². The predicted molar refractivity (Wildman–Crippen MR) is 74.8 cm³/mol. The first-order chi connectivity index (χ1) is 6.69. The van der Waals surface area contributed by atoms with Gasteiger partial charge >= 0.3 is 0 Å². The molecule has 0 saturated carbocycles. The van der Waals surface area contributed by atoms with E-state index in [-0.39, 0.29) is 16.4 Å². The summed E-state index contributed by atoms with van der Waals surface area (Å²) in [5.74, 6) is 0. The average Bonchev–Trinajstić information content (AvgIpc) is 2.00. The van der Waals surface area contributed by atoms with Crippen molar-refractivity contribution < 1.29 is 0 Å². The summed E-state index contributed by atoms with van der Waals surface area (Å²) in [5, 5.41) is 0. The number of hydrogen-bond acceptors (Lipinski definition) is 1. The van der Waals surface area contributed by atoms with E-state index in [9.17, 15) is 0 Å². The largest absolute Gasteiger partial charge is 0.304 e. The van der Waals surface area contributed by atoms with Crippen LogP contribution in [-0.4, -0.2) is 24.5 Å². The third-order valence-corrected chi connectivity index (χ3v) is 6.09. The second-order valence-electron chi connectivity index (χ2n) is 7.95. The quantitative estimate of drug-likeness (QED) is 0.689. The fraction of sp³-hybridized carbons (Fsp3) is 1.00. The summed E-state index contributed by atoms with van der Waals surface area (Å²) in [4.78, 5) is 2.35. The van der Waals surface area contributed by atoms with Crippen LogP contribution in [-0.2, 0) is 0 Å². The molecule has 98 valence electrons. The van der Waals surface area contributed by atoms with Gasteiger partial charge in [0.1, 0.15) is 0 Å². The Balaban J connectivity index is 5.53. The van der Waals surface area contributed by atoms with Crippen molar-refractivity contribution in [2.45, 2.75) is 67.9 Å². The van der Waals surface area contributed by atoms with Crippen molar-refractivity contribution >= 4 is 0 Å². The van der Waals surface area contributed by atoms with E-state index in [1.807, 2.05) is 0 Å². The highest BCUT2D eigenvalue weighted by Crippen LogP contribution is 2.56. The van der Waals surface area contributed by atoms with E-state index in [4.69, 9.17) is 0 Å². The second-order valence-corrected chi connectivity index (χ2v) is 7.95. The van der Waals surface area contributed by atoms with Gasteiger partial charge in [0.15, 0.2) is 0 Å². The van der Waals surface area contributed by atoms with Crippen LogP contribution < -0.4 is 0 Å². The van der Waals surface area contributed by atoms with Crippen molar-refractivity contribution in [3.05, 3.63) is 0 Å². The van der Waals surface area contributed by atoms with E-state index >= 15 is 0 Å². The minimum absolute atomic E-state index is 0.170. The van der Waals surface area contributed by atoms with Gasteiger partial charge in [-0.2, -0.15) is 0 Å². The first-order valence-corrected chi connectivity index (χ1v) is 6.37. The fourth-order valence-electron chi connectivity index (χ4n) is 2.26.